The first-order chi connectivity index (χ1) is 11.7. The number of pyridine rings is 1. The molecule has 1 amide bonds. The van der Waals surface area contributed by atoms with Crippen LogP contribution in [0, 0.1) is 0 Å². The summed E-state index contributed by atoms with van der Waals surface area (Å²) in [5.74, 6) is 0.530. The molecule has 2 aromatic rings. The van der Waals surface area contributed by atoms with Gasteiger partial charge in [-0.3, -0.25) is 9.78 Å². The predicted octanol–water partition coefficient (Wildman–Crippen LogP) is 3.97. The van der Waals surface area contributed by atoms with Crippen molar-refractivity contribution in [3.05, 3.63) is 48.3 Å². The number of anilines is 2. The summed E-state index contributed by atoms with van der Waals surface area (Å²) in [7, 11) is 1.60. The zero-order chi connectivity index (χ0) is 17.4. The quantitative estimate of drug-likeness (QED) is 0.797. The van der Waals surface area contributed by atoms with Crippen LogP contribution in [0.4, 0.5) is 11.4 Å². The topological polar surface area (TPSA) is 54.5 Å². The Bertz CT molecular complexity index is 667. The smallest absolute Gasteiger partial charge is 0.257 e. The fraction of sp³-hybridized carbons (Fsp3) is 0.368. The normalized spacial score (nSPS) is 10.3. The van der Waals surface area contributed by atoms with E-state index in [9.17, 15) is 4.79 Å². The van der Waals surface area contributed by atoms with Gasteiger partial charge in [-0.1, -0.05) is 19.9 Å². The van der Waals surface area contributed by atoms with Gasteiger partial charge in [0.1, 0.15) is 5.75 Å². The molecule has 0 radical (unpaired) electrons. The van der Waals surface area contributed by atoms with Gasteiger partial charge < -0.3 is 15.0 Å². The number of ether oxygens (including phenoxy) is 1. The van der Waals surface area contributed by atoms with E-state index in [1.54, 1.807) is 19.4 Å². The number of carbonyl (C=O) groups excluding carboxylic acids is 1. The maximum absolute atomic E-state index is 12.5. The molecule has 1 heterocycles. The van der Waals surface area contributed by atoms with Crippen LogP contribution in [0.5, 0.6) is 5.75 Å². The zero-order valence-corrected chi connectivity index (χ0v) is 14.6. The number of amides is 1. The molecule has 0 unspecified atom stereocenters. The van der Waals surface area contributed by atoms with Crippen molar-refractivity contribution < 1.29 is 9.53 Å². The van der Waals surface area contributed by atoms with Crippen LogP contribution in [0.25, 0.3) is 0 Å². The van der Waals surface area contributed by atoms with E-state index in [0.717, 1.165) is 31.6 Å². The number of methoxy groups -OCH3 is 1. The highest BCUT2D eigenvalue weighted by Gasteiger charge is 2.11. The first-order valence-electron chi connectivity index (χ1n) is 8.33. The van der Waals surface area contributed by atoms with Crippen molar-refractivity contribution in [1.82, 2.24) is 4.98 Å². The van der Waals surface area contributed by atoms with Crippen LogP contribution < -0.4 is 15.0 Å². The lowest BCUT2D eigenvalue weighted by molar-refractivity contribution is 0.102. The van der Waals surface area contributed by atoms with Gasteiger partial charge in [-0.2, -0.15) is 0 Å². The Balaban J connectivity index is 2.15. The number of aromatic nitrogens is 1. The fourth-order valence-corrected chi connectivity index (χ4v) is 2.54. The summed E-state index contributed by atoms with van der Waals surface area (Å²) >= 11 is 0. The van der Waals surface area contributed by atoms with Gasteiger partial charge in [-0.05, 0) is 31.0 Å². The molecule has 1 aromatic carbocycles. The molecule has 0 aliphatic carbocycles. The summed E-state index contributed by atoms with van der Waals surface area (Å²) in [5, 5.41) is 2.89. The van der Waals surface area contributed by atoms with Crippen LogP contribution in [0.15, 0.2) is 42.7 Å². The van der Waals surface area contributed by atoms with Crippen LogP contribution in [0.2, 0.25) is 0 Å². The summed E-state index contributed by atoms with van der Waals surface area (Å²) in [5.41, 5.74) is 2.23. The van der Waals surface area contributed by atoms with E-state index in [0.29, 0.717) is 17.0 Å². The van der Waals surface area contributed by atoms with Crippen molar-refractivity contribution in [2.45, 2.75) is 26.7 Å². The third kappa shape index (κ3) is 4.72. The van der Waals surface area contributed by atoms with Gasteiger partial charge in [0.25, 0.3) is 5.91 Å². The van der Waals surface area contributed by atoms with Gasteiger partial charge >= 0.3 is 0 Å². The van der Waals surface area contributed by atoms with Crippen molar-refractivity contribution in [2.75, 3.05) is 30.4 Å². The molecule has 0 bridgehead atoms. The minimum atomic E-state index is -0.175. The second kappa shape index (κ2) is 8.91. The molecule has 0 saturated heterocycles. The second-order valence-electron chi connectivity index (χ2n) is 5.60. The molecule has 0 saturated carbocycles. The summed E-state index contributed by atoms with van der Waals surface area (Å²) in [4.78, 5) is 19.0. The zero-order valence-electron chi connectivity index (χ0n) is 14.6. The molecule has 128 valence electrons. The number of hydrogen-bond donors (Lipinski definition) is 1. The van der Waals surface area contributed by atoms with Crippen molar-refractivity contribution in [3.8, 4) is 5.75 Å². The van der Waals surface area contributed by atoms with Crippen molar-refractivity contribution in [1.29, 1.82) is 0 Å². The Morgan fingerprint density at radius 3 is 2.58 bits per heavy atom. The molecule has 0 fully saturated rings. The Hall–Kier alpha value is -2.56. The summed E-state index contributed by atoms with van der Waals surface area (Å²) in [6.45, 7) is 6.21. The first-order valence-corrected chi connectivity index (χ1v) is 8.33. The number of rotatable bonds is 8. The minimum absolute atomic E-state index is 0.175. The first kappa shape index (κ1) is 17.8. The molecule has 24 heavy (non-hydrogen) atoms. The van der Waals surface area contributed by atoms with Crippen molar-refractivity contribution >= 4 is 17.3 Å². The fourth-order valence-electron chi connectivity index (χ4n) is 2.54. The highest BCUT2D eigenvalue weighted by Crippen LogP contribution is 2.19. The van der Waals surface area contributed by atoms with Gasteiger partial charge in [-0.15, -0.1) is 0 Å². The number of nitrogens with zero attached hydrogens (tertiary/aromatic N) is 2. The second-order valence-corrected chi connectivity index (χ2v) is 5.60. The highest BCUT2D eigenvalue weighted by molar-refractivity contribution is 6.04. The monoisotopic (exact) mass is 327 g/mol. The average molecular weight is 327 g/mol. The molecule has 2 rings (SSSR count). The Kier molecular flexibility index (Phi) is 6.61. The summed E-state index contributed by atoms with van der Waals surface area (Å²) in [6, 6.07) is 9.19. The minimum Gasteiger partial charge on any atom is -0.497 e. The number of benzene rings is 1. The van der Waals surface area contributed by atoms with Gasteiger partial charge in [0, 0.05) is 31.0 Å². The van der Waals surface area contributed by atoms with Crippen molar-refractivity contribution in [3.63, 3.8) is 0 Å². The maximum Gasteiger partial charge on any atom is 0.257 e. The highest BCUT2D eigenvalue weighted by atomic mass is 16.5. The van der Waals surface area contributed by atoms with E-state index in [4.69, 9.17) is 4.74 Å². The third-order valence-corrected chi connectivity index (χ3v) is 3.67. The lowest BCUT2D eigenvalue weighted by Crippen LogP contribution is -2.25. The van der Waals surface area contributed by atoms with E-state index < -0.39 is 0 Å². The SMILES string of the molecule is CCCN(CCC)c1cncc(C(=O)Nc2cccc(OC)c2)c1. The molecule has 1 aromatic heterocycles. The van der Waals surface area contributed by atoms with Gasteiger partial charge in [0.2, 0.25) is 0 Å². The molecule has 1 N–H and O–H groups in total. The summed E-state index contributed by atoms with van der Waals surface area (Å²) in [6.07, 6.45) is 5.52. The van der Waals surface area contributed by atoms with Crippen LogP contribution in [-0.2, 0) is 0 Å². The lowest BCUT2D eigenvalue weighted by atomic mass is 10.2. The number of carbonyl (C=O) groups is 1. The van der Waals surface area contributed by atoms with Crippen molar-refractivity contribution in [2.24, 2.45) is 0 Å². The molecule has 0 aliphatic rings. The van der Waals surface area contributed by atoms with E-state index in [2.05, 4.69) is 29.0 Å². The Labute approximate surface area is 143 Å². The van der Waals surface area contributed by atoms with E-state index in [1.807, 2.05) is 30.5 Å². The van der Waals surface area contributed by atoms with Gasteiger partial charge in [0.15, 0.2) is 0 Å². The van der Waals surface area contributed by atoms with E-state index in [1.165, 1.54) is 0 Å². The molecule has 0 atom stereocenters. The Morgan fingerprint density at radius 2 is 1.92 bits per heavy atom. The molecule has 5 heteroatoms. The van der Waals surface area contributed by atoms with Crippen LogP contribution >= 0.6 is 0 Å². The maximum atomic E-state index is 12.5. The molecular weight excluding hydrogens is 302 g/mol. The summed E-state index contributed by atoms with van der Waals surface area (Å²) < 4.78 is 5.18. The molecule has 0 spiro atoms. The molecular formula is C19H25N3O2. The van der Waals surface area contributed by atoms with Crippen LogP contribution in [0.1, 0.15) is 37.0 Å². The third-order valence-electron chi connectivity index (χ3n) is 3.67. The standard InChI is InChI=1S/C19H25N3O2/c1-4-9-22(10-5-2)17-11-15(13-20-14-17)19(23)21-16-7-6-8-18(12-16)24-3/h6-8,11-14H,4-5,9-10H2,1-3H3,(H,21,23). The number of hydrogen-bond acceptors (Lipinski definition) is 4. The van der Waals surface area contributed by atoms with E-state index >= 15 is 0 Å². The largest absolute Gasteiger partial charge is 0.497 e. The van der Waals surface area contributed by atoms with Crippen LogP contribution in [-0.4, -0.2) is 31.1 Å². The molecule has 5 nitrogen and oxygen atoms in total. The van der Waals surface area contributed by atoms with Gasteiger partial charge in [0.05, 0.1) is 24.6 Å². The van der Waals surface area contributed by atoms with Gasteiger partial charge in [-0.25, -0.2) is 0 Å². The predicted molar refractivity (Wildman–Crippen MR) is 98.0 cm³/mol. The number of nitrogens with one attached hydrogen (secondary N) is 1. The Morgan fingerprint density at radius 1 is 1.17 bits per heavy atom. The molecule has 0 aliphatic heterocycles. The van der Waals surface area contributed by atoms with E-state index in [-0.39, 0.29) is 5.91 Å². The lowest BCUT2D eigenvalue weighted by Gasteiger charge is -2.23. The van der Waals surface area contributed by atoms with Crippen LogP contribution in [0.3, 0.4) is 0 Å². The average Bonchev–Trinajstić information content (AvgIpc) is 2.62.